The standard InChI is InChI=1S/C18H13F3N2O2S/c19-18(20,21)12-5-3-4-11(8-12)16(24)25-13-9-23(10-13)17-22-14-6-1-2-7-15(14)26-17/h1-8,13H,9-10H2. The first-order valence-corrected chi connectivity index (χ1v) is 8.70. The molecule has 0 bridgehead atoms. The minimum atomic E-state index is -4.49. The van der Waals surface area contributed by atoms with Gasteiger partial charge in [-0.05, 0) is 30.3 Å². The lowest BCUT2D eigenvalue weighted by Gasteiger charge is -2.38. The van der Waals surface area contributed by atoms with Gasteiger partial charge in [0.1, 0.15) is 6.10 Å². The fraction of sp³-hybridized carbons (Fsp3) is 0.222. The number of rotatable bonds is 3. The van der Waals surface area contributed by atoms with Crippen molar-refractivity contribution in [2.45, 2.75) is 12.3 Å². The van der Waals surface area contributed by atoms with Gasteiger partial charge in [-0.3, -0.25) is 0 Å². The average molecular weight is 378 g/mol. The van der Waals surface area contributed by atoms with Gasteiger partial charge in [0.05, 0.1) is 34.4 Å². The van der Waals surface area contributed by atoms with E-state index in [0.29, 0.717) is 13.1 Å². The summed E-state index contributed by atoms with van der Waals surface area (Å²) in [5.41, 5.74) is -0.0492. The summed E-state index contributed by atoms with van der Waals surface area (Å²) in [4.78, 5) is 18.6. The number of aromatic nitrogens is 1. The molecule has 4 rings (SSSR count). The minimum absolute atomic E-state index is 0.0988. The topological polar surface area (TPSA) is 42.4 Å². The molecule has 0 N–H and O–H groups in total. The lowest BCUT2D eigenvalue weighted by Crippen LogP contribution is -2.53. The summed E-state index contributed by atoms with van der Waals surface area (Å²) >= 11 is 1.55. The molecule has 1 aliphatic rings. The van der Waals surface area contributed by atoms with Crippen LogP contribution in [0.2, 0.25) is 0 Å². The molecule has 2 heterocycles. The van der Waals surface area contributed by atoms with Crippen LogP contribution < -0.4 is 4.90 Å². The maximum absolute atomic E-state index is 12.7. The molecule has 0 radical (unpaired) electrons. The first-order valence-electron chi connectivity index (χ1n) is 7.89. The lowest BCUT2D eigenvalue weighted by atomic mass is 10.1. The van der Waals surface area contributed by atoms with Crippen molar-refractivity contribution in [3.63, 3.8) is 0 Å². The highest BCUT2D eigenvalue weighted by Gasteiger charge is 2.34. The Morgan fingerprint density at radius 3 is 2.65 bits per heavy atom. The average Bonchev–Trinajstić information content (AvgIpc) is 3.00. The number of thiazole rings is 1. The molecule has 0 unspecified atom stereocenters. The molecule has 0 aliphatic carbocycles. The third-order valence-electron chi connectivity index (χ3n) is 4.10. The van der Waals surface area contributed by atoms with Crippen LogP contribution in [0.15, 0.2) is 48.5 Å². The summed E-state index contributed by atoms with van der Waals surface area (Å²) in [6.45, 7) is 0.953. The maximum Gasteiger partial charge on any atom is 0.416 e. The van der Waals surface area contributed by atoms with Gasteiger partial charge in [-0.2, -0.15) is 13.2 Å². The van der Waals surface area contributed by atoms with E-state index in [1.165, 1.54) is 12.1 Å². The molecule has 3 aromatic rings. The summed E-state index contributed by atoms with van der Waals surface area (Å²) in [7, 11) is 0. The van der Waals surface area contributed by atoms with E-state index in [2.05, 4.69) is 4.98 Å². The number of esters is 1. The van der Waals surface area contributed by atoms with Gasteiger partial charge in [-0.15, -0.1) is 0 Å². The van der Waals surface area contributed by atoms with Crippen LogP contribution in [0.3, 0.4) is 0 Å². The SMILES string of the molecule is O=C(OC1CN(c2nc3ccccc3s2)C1)c1cccc(C(F)(F)F)c1. The van der Waals surface area contributed by atoms with E-state index >= 15 is 0 Å². The predicted molar refractivity (Wildman–Crippen MR) is 92.5 cm³/mol. The van der Waals surface area contributed by atoms with Crippen molar-refractivity contribution in [2.75, 3.05) is 18.0 Å². The molecule has 0 spiro atoms. The van der Waals surface area contributed by atoms with Gasteiger partial charge in [0, 0.05) is 0 Å². The van der Waals surface area contributed by atoms with E-state index in [9.17, 15) is 18.0 Å². The number of ether oxygens (including phenoxy) is 1. The normalized spacial score (nSPS) is 15.1. The molecule has 1 fully saturated rings. The van der Waals surface area contributed by atoms with Crippen molar-refractivity contribution in [2.24, 2.45) is 0 Å². The Balaban J connectivity index is 1.38. The molecule has 8 heteroatoms. The molecule has 134 valence electrons. The third kappa shape index (κ3) is 3.24. The first kappa shape index (κ1) is 16.8. The zero-order chi connectivity index (χ0) is 18.3. The quantitative estimate of drug-likeness (QED) is 0.635. The van der Waals surface area contributed by atoms with Crippen molar-refractivity contribution in [1.29, 1.82) is 0 Å². The molecule has 0 amide bonds. The summed E-state index contributed by atoms with van der Waals surface area (Å²) < 4.78 is 44.6. The van der Waals surface area contributed by atoms with Crippen molar-refractivity contribution in [3.8, 4) is 0 Å². The Morgan fingerprint density at radius 2 is 1.92 bits per heavy atom. The van der Waals surface area contributed by atoms with E-state index in [0.717, 1.165) is 27.5 Å². The van der Waals surface area contributed by atoms with Crippen molar-refractivity contribution >= 4 is 32.7 Å². The van der Waals surface area contributed by atoms with Crippen LogP contribution >= 0.6 is 11.3 Å². The molecule has 0 atom stereocenters. The summed E-state index contributed by atoms with van der Waals surface area (Å²) in [6, 6.07) is 12.0. The van der Waals surface area contributed by atoms with Gasteiger partial charge < -0.3 is 9.64 Å². The molecular formula is C18H13F3N2O2S. The van der Waals surface area contributed by atoms with Crippen molar-refractivity contribution < 1.29 is 22.7 Å². The molecular weight excluding hydrogens is 365 g/mol. The van der Waals surface area contributed by atoms with Gasteiger partial charge in [-0.1, -0.05) is 29.5 Å². The zero-order valence-electron chi connectivity index (χ0n) is 13.4. The smallest absolute Gasteiger partial charge is 0.416 e. The lowest BCUT2D eigenvalue weighted by molar-refractivity contribution is -0.137. The van der Waals surface area contributed by atoms with Crippen LogP contribution in [0.5, 0.6) is 0 Å². The highest BCUT2D eigenvalue weighted by Crippen LogP contribution is 2.32. The number of hydrogen-bond acceptors (Lipinski definition) is 5. The minimum Gasteiger partial charge on any atom is -0.455 e. The highest BCUT2D eigenvalue weighted by molar-refractivity contribution is 7.22. The number of benzene rings is 2. The van der Waals surface area contributed by atoms with E-state index in [-0.39, 0.29) is 11.7 Å². The van der Waals surface area contributed by atoms with E-state index in [1.807, 2.05) is 29.2 Å². The van der Waals surface area contributed by atoms with Crippen LogP contribution in [-0.2, 0) is 10.9 Å². The largest absolute Gasteiger partial charge is 0.455 e. The van der Waals surface area contributed by atoms with E-state index < -0.39 is 17.7 Å². The van der Waals surface area contributed by atoms with Gasteiger partial charge in [0.15, 0.2) is 5.13 Å². The first-order chi connectivity index (χ1) is 12.4. The number of para-hydroxylation sites is 1. The monoisotopic (exact) mass is 378 g/mol. The maximum atomic E-state index is 12.7. The van der Waals surface area contributed by atoms with Gasteiger partial charge >= 0.3 is 12.1 Å². The molecule has 1 aliphatic heterocycles. The van der Waals surface area contributed by atoms with Gasteiger partial charge in [0.2, 0.25) is 0 Å². The summed E-state index contributed by atoms with van der Waals surface area (Å²) in [5, 5.41) is 0.845. The number of anilines is 1. The number of carbonyl (C=O) groups excluding carboxylic acids is 1. The Labute approximate surface area is 150 Å². The summed E-state index contributed by atoms with van der Waals surface area (Å²) in [5.74, 6) is -0.745. The second kappa shape index (κ2) is 6.28. The van der Waals surface area contributed by atoms with E-state index in [4.69, 9.17) is 4.74 Å². The van der Waals surface area contributed by atoms with Crippen LogP contribution in [0.4, 0.5) is 18.3 Å². The predicted octanol–water partition coefficient (Wildman–Crippen LogP) is 4.36. The Kier molecular flexibility index (Phi) is 4.07. The van der Waals surface area contributed by atoms with Crippen molar-refractivity contribution in [1.82, 2.24) is 4.98 Å². The number of halogens is 3. The Hall–Kier alpha value is -2.61. The third-order valence-corrected chi connectivity index (χ3v) is 5.20. The van der Waals surface area contributed by atoms with Crippen LogP contribution in [0.1, 0.15) is 15.9 Å². The zero-order valence-corrected chi connectivity index (χ0v) is 14.2. The highest BCUT2D eigenvalue weighted by atomic mass is 32.1. The second-order valence-electron chi connectivity index (χ2n) is 5.98. The Bertz CT molecular complexity index is 931. The number of hydrogen-bond donors (Lipinski definition) is 0. The van der Waals surface area contributed by atoms with Crippen molar-refractivity contribution in [3.05, 3.63) is 59.7 Å². The van der Waals surface area contributed by atoms with E-state index in [1.54, 1.807) is 11.3 Å². The molecule has 1 saturated heterocycles. The number of nitrogens with zero attached hydrogens (tertiary/aromatic N) is 2. The number of fused-ring (bicyclic) bond motifs is 1. The number of carbonyl (C=O) groups is 1. The van der Waals surface area contributed by atoms with Gasteiger partial charge in [0.25, 0.3) is 0 Å². The Morgan fingerprint density at radius 1 is 1.15 bits per heavy atom. The fourth-order valence-electron chi connectivity index (χ4n) is 2.71. The van der Waals surface area contributed by atoms with Crippen LogP contribution in [0, 0.1) is 0 Å². The van der Waals surface area contributed by atoms with Crippen LogP contribution in [0.25, 0.3) is 10.2 Å². The van der Waals surface area contributed by atoms with Gasteiger partial charge in [-0.25, -0.2) is 9.78 Å². The fourth-order valence-corrected chi connectivity index (χ4v) is 3.69. The second-order valence-corrected chi connectivity index (χ2v) is 6.98. The number of alkyl halides is 3. The molecule has 4 nitrogen and oxygen atoms in total. The summed E-state index contributed by atoms with van der Waals surface area (Å²) in [6.07, 6.45) is -4.85. The molecule has 1 aromatic heterocycles. The molecule has 0 saturated carbocycles. The molecule has 26 heavy (non-hydrogen) atoms. The van der Waals surface area contributed by atoms with Crippen LogP contribution in [-0.4, -0.2) is 30.1 Å². The molecule has 2 aromatic carbocycles.